The fourth-order valence-electron chi connectivity index (χ4n) is 3.17. The van der Waals surface area contributed by atoms with Gasteiger partial charge >= 0.3 is 0 Å². The summed E-state index contributed by atoms with van der Waals surface area (Å²) < 4.78 is 2.22. The molecule has 2 aromatic carbocycles. The zero-order chi connectivity index (χ0) is 16.0. The molecule has 0 saturated carbocycles. The topological polar surface area (TPSA) is 23.4 Å². The van der Waals surface area contributed by atoms with E-state index in [1.165, 1.54) is 22.2 Å². The van der Waals surface area contributed by atoms with E-state index in [0.29, 0.717) is 0 Å². The third-order valence-electron chi connectivity index (χ3n) is 4.50. The molecular formula is C19H20N4. The first-order valence-electron chi connectivity index (χ1n) is 7.77. The summed E-state index contributed by atoms with van der Waals surface area (Å²) in [5, 5.41) is 5.45. The first-order valence-corrected chi connectivity index (χ1v) is 7.77. The van der Waals surface area contributed by atoms with Gasteiger partial charge in [-0.05, 0) is 31.2 Å². The van der Waals surface area contributed by atoms with Crippen molar-refractivity contribution in [3.8, 4) is 0 Å². The lowest BCUT2D eigenvalue weighted by Crippen LogP contribution is -2.39. The molecule has 4 rings (SSSR count). The smallest absolute Gasteiger partial charge is 0.0842 e. The molecule has 116 valence electrons. The van der Waals surface area contributed by atoms with Gasteiger partial charge < -0.3 is 9.99 Å². The molecule has 1 aliphatic heterocycles. The fraction of sp³-hybridized carbons (Fsp3) is 0.158. The van der Waals surface area contributed by atoms with E-state index in [0.717, 1.165) is 11.4 Å². The van der Waals surface area contributed by atoms with E-state index in [4.69, 9.17) is 0 Å². The van der Waals surface area contributed by atoms with Crippen molar-refractivity contribution in [3.05, 3.63) is 72.1 Å². The van der Waals surface area contributed by atoms with Crippen molar-refractivity contribution in [2.24, 2.45) is 7.05 Å². The van der Waals surface area contributed by atoms with Gasteiger partial charge in [0.15, 0.2) is 0 Å². The van der Waals surface area contributed by atoms with Crippen LogP contribution in [-0.2, 0) is 7.05 Å². The molecule has 4 heteroatoms. The molecule has 0 bridgehead atoms. The van der Waals surface area contributed by atoms with E-state index in [1.807, 2.05) is 24.4 Å². The van der Waals surface area contributed by atoms with Crippen LogP contribution in [0.1, 0.15) is 11.3 Å². The summed E-state index contributed by atoms with van der Waals surface area (Å²) >= 11 is 0. The maximum absolute atomic E-state index is 3.27. The SMILES string of the molecule is Cc1cc2cc(N3C(c4ccccc4)=CNN3C)ccc2n1C. The highest BCUT2D eigenvalue weighted by Crippen LogP contribution is 2.32. The normalized spacial score (nSPS) is 15.1. The number of hydrazine groups is 2. The maximum Gasteiger partial charge on any atom is 0.0842 e. The average molecular weight is 304 g/mol. The molecule has 0 atom stereocenters. The van der Waals surface area contributed by atoms with Gasteiger partial charge in [-0.1, -0.05) is 30.3 Å². The molecule has 4 nitrogen and oxygen atoms in total. The summed E-state index contributed by atoms with van der Waals surface area (Å²) in [5.41, 5.74) is 9.27. The summed E-state index contributed by atoms with van der Waals surface area (Å²) in [4.78, 5) is 0. The molecule has 0 radical (unpaired) electrons. The molecular weight excluding hydrogens is 284 g/mol. The summed E-state index contributed by atoms with van der Waals surface area (Å²) in [7, 11) is 4.13. The van der Waals surface area contributed by atoms with Gasteiger partial charge in [0.05, 0.1) is 11.4 Å². The van der Waals surface area contributed by atoms with Crippen LogP contribution in [0.2, 0.25) is 0 Å². The average Bonchev–Trinajstić information content (AvgIpc) is 3.08. The zero-order valence-corrected chi connectivity index (χ0v) is 13.6. The van der Waals surface area contributed by atoms with Crippen LogP contribution < -0.4 is 10.4 Å². The molecule has 1 N–H and O–H groups in total. The first kappa shape index (κ1) is 13.9. The van der Waals surface area contributed by atoms with E-state index in [1.54, 1.807) is 0 Å². The van der Waals surface area contributed by atoms with Crippen LogP contribution in [0.25, 0.3) is 16.6 Å². The van der Waals surface area contributed by atoms with Gasteiger partial charge in [-0.25, -0.2) is 0 Å². The molecule has 0 fully saturated rings. The lowest BCUT2D eigenvalue weighted by Gasteiger charge is -2.28. The van der Waals surface area contributed by atoms with E-state index < -0.39 is 0 Å². The quantitative estimate of drug-likeness (QED) is 0.781. The Kier molecular flexibility index (Phi) is 3.13. The summed E-state index contributed by atoms with van der Waals surface area (Å²) in [6, 6.07) is 19.3. The Hall–Kier alpha value is -2.72. The number of nitrogens with one attached hydrogen (secondary N) is 1. The Labute approximate surface area is 136 Å². The van der Waals surface area contributed by atoms with Gasteiger partial charge in [0.1, 0.15) is 0 Å². The number of fused-ring (bicyclic) bond motifs is 1. The Bertz CT molecular complexity index is 892. The highest BCUT2D eigenvalue weighted by molar-refractivity contribution is 5.88. The minimum atomic E-state index is 1.14. The van der Waals surface area contributed by atoms with Crippen molar-refractivity contribution in [3.63, 3.8) is 0 Å². The van der Waals surface area contributed by atoms with Gasteiger partial charge in [0, 0.05) is 42.5 Å². The van der Waals surface area contributed by atoms with Gasteiger partial charge in [-0.2, -0.15) is 0 Å². The van der Waals surface area contributed by atoms with Crippen molar-refractivity contribution >= 4 is 22.3 Å². The minimum Gasteiger partial charge on any atom is -0.348 e. The lowest BCUT2D eigenvalue weighted by atomic mass is 10.1. The van der Waals surface area contributed by atoms with Crippen LogP contribution in [0.4, 0.5) is 5.69 Å². The van der Waals surface area contributed by atoms with Crippen LogP contribution >= 0.6 is 0 Å². The number of nitrogens with zero attached hydrogens (tertiary/aromatic N) is 3. The molecule has 0 unspecified atom stereocenters. The lowest BCUT2D eigenvalue weighted by molar-refractivity contribution is 0.305. The molecule has 0 spiro atoms. The van der Waals surface area contributed by atoms with Gasteiger partial charge in [-0.3, -0.25) is 5.01 Å². The second-order valence-corrected chi connectivity index (χ2v) is 5.95. The van der Waals surface area contributed by atoms with Crippen molar-refractivity contribution in [2.75, 3.05) is 12.1 Å². The van der Waals surface area contributed by atoms with Crippen molar-refractivity contribution in [1.82, 2.24) is 15.1 Å². The van der Waals surface area contributed by atoms with E-state index in [-0.39, 0.29) is 0 Å². The predicted octanol–water partition coefficient (Wildman–Crippen LogP) is 3.66. The minimum absolute atomic E-state index is 1.14. The Morgan fingerprint density at radius 3 is 2.48 bits per heavy atom. The first-order chi connectivity index (χ1) is 11.1. The monoisotopic (exact) mass is 304 g/mol. The van der Waals surface area contributed by atoms with Crippen LogP contribution in [0.15, 0.2) is 60.8 Å². The standard InChI is InChI=1S/C19H20N4/c1-14-11-16-12-17(9-10-18(16)21(14)2)23-19(13-20-22(23)3)15-7-5-4-6-8-15/h4-13,20H,1-3H3. The summed E-state index contributed by atoms with van der Waals surface area (Å²) in [6.07, 6.45) is 2.04. The van der Waals surface area contributed by atoms with E-state index >= 15 is 0 Å². The Balaban J connectivity index is 1.80. The molecule has 0 saturated heterocycles. The molecule has 1 aliphatic rings. The number of anilines is 1. The number of rotatable bonds is 2. The van der Waals surface area contributed by atoms with E-state index in [9.17, 15) is 0 Å². The van der Waals surface area contributed by atoms with Crippen molar-refractivity contribution in [1.29, 1.82) is 0 Å². The molecule has 2 heterocycles. The largest absolute Gasteiger partial charge is 0.348 e. The van der Waals surface area contributed by atoms with Crippen molar-refractivity contribution in [2.45, 2.75) is 6.92 Å². The number of aryl methyl sites for hydroxylation is 2. The number of aromatic nitrogens is 1. The van der Waals surface area contributed by atoms with Gasteiger partial charge in [-0.15, -0.1) is 5.12 Å². The van der Waals surface area contributed by atoms with Crippen molar-refractivity contribution < 1.29 is 0 Å². The molecule has 23 heavy (non-hydrogen) atoms. The third-order valence-corrected chi connectivity index (χ3v) is 4.50. The highest BCUT2D eigenvalue weighted by atomic mass is 15.8. The maximum atomic E-state index is 3.27. The summed E-state index contributed by atoms with van der Waals surface area (Å²) in [6.45, 7) is 2.14. The second kappa shape index (κ2) is 5.18. The zero-order valence-electron chi connectivity index (χ0n) is 13.6. The van der Waals surface area contributed by atoms with Crippen LogP contribution in [0.5, 0.6) is 0 Å². The third kappa shape index (κ3) is 2.19. The Morgan fingerprint density at radius 1 is 0.913 bits per heavy atom. The van der Waals surface area contributed by atoms with Gasteiger partial charge in [0.25, 0.3) is 0 Å². The van der Waals surface area contributed by atoms with Crippen LogP contribution in [0, 0.1) is 6.92 Å². The Morgan fingerprint density at radius 2 is 1.70 bits per heavy atom. The van der Waals surface area contributed by atoms with Crippen LogP contribution in [-0.4, -0.2) is 16.7 Å². The van der Waals surface area contributed by atoms with E-state index in [2.05, 4.69) is 77.5 Å². The molecule has 0 amide bonds. The molecule has 1 aromatic heterocycles. The fourth-order valence-corrected chi connectivity index (χ4v) is 3.17. The number of benzene rings is 2. The predicted molar refractivity (Wildman–Crippen MR) is 95.5 cm³/mol. The second-order valence-electron chi connectivity index (χ2n) is 5.95. The number of hydrogen-bond donors (Lipinski definition) is 1. The highest BCUT2D eigenvalue weighted by Gasteiger charge is 2.23. The van der Waals surface area contributed by atoms with Crippen LogP contribution in [0.3, 0.4) is 0 Å². The van der Waals surface area contributed by atoms with Gasteiger partial charge in [0.2, 0.25) is 0 Å². The summed E-state index contributed by atoms with van der Waals surface area (Å²) in [5.74, 6) is 0. The molecule has 0 aliphatic carbocycles. The number of hydrogen-bond acceptors (Lipinski definition) is 3. The molecule has 3 aromatic rings.